The Morgan fingerprint density at radius 1 is 1.02 bits per heavy atom. The highest BCUT2D eigenvalue weighted by molar-refractivity contribution is 6.05. The van der Waals surface area contributed by atoms with Gasteiger partial charge in [0.15, 0.2) is 0 Å². The van der Waals surface area contributed by atoms with Crippen LogP contribution in [0.25, 0.3) is 0 Å². The second-order valence-electron chi connectivity index (χ2n) is 10.3. The molecule has 234 valence electrons. The van der Waals surface area contributed by atoms with Gasteiger partial charge in [0.05, 0.1) is 20.3 Å². The number of alkyl halides is 2. The molecule has 0 bridgehead atoms. The molecule has 14 heteroatoms. The first-order chi connectivity index (χ1) is 21.2. The molecule has 2 aliphatic rings. The minimum Gasteiger partial charge on any atom is -0.497 e. The zero-order valence-electron chi connectivity index (χ0n) is 23.7. The van der Waals surface area contributed by atoms with E-state index in [2.05, 4.69) is 15.0 Å². The molecule has 1 aromatic heterocycles. The van der Waals surface area contributed by atoms with Gasteiger partial charge in [-0.05, 0) is 36.4 Å². The summed E-state index contributed by atoms with van der Waals surface area (Å²) < 4.78 is 71.7. The van der Waals surface area contributed by atoms with Gasteiger partial charge in [0.1, 0.15) is 34.9 Å². The average molecular weight is 619 g/mol. The van der Waals surface area contributed by atoms with Crippen molar-refractivity contribution in [3.63, 3.8) is 0 Å². The van der Waals surface area contributed by atoms with Crippen LogP contribution in [0.1, 0.15) is 21.8 Å². The molecule has 0 spiro atoms. The summed E-state index contributed by atoms with van der Waals surface area (Å²) in [5.74, 6) is -5.05. The molecule has 1 N–H and O–H groups in total. The zero-order chi connectivity index (χ0) is 31.4. The number of hydrogen-bond donors (Lipinski definition) is 1. The summed E-state index contributed by atoms with van der Waals surface area (Å²) in [6, 6.07) is 8.20. The summed E-state index contributed by atoms with van der Waals surface area (Å²) in [6.45, 7) is 0.181. The number of carbonyl (C=O) groups excluding carboxylic acids is 2. The number of carbonyl (C=O) groups is 2. The van der Waals surface area contributed by atoms with Gasteiger partial charge in [-0.3, -0.25) is 19.3 Å². The van der Waals surface area contributed by atoms with E-state index in [1.54, 1.807) is 12.3 Å². The van der Waals surface area contributed by atoms with Crippen LogP contribution in [0.3, 0.4) is 0 Å². The van der Waals surface area contributed by atoms with E-state index >= 15 is 8.78 Å². The fourth-order valence-electron chi connectivity index (χ4n) is 5.39. The number of pyridine rings is 1. The van der Waals surface area contributed by atoms with Gasteiger partial charge in [-0.2, -0.15) is 8.78 Å². The van der Waals surface area contributed by atoms with Crippen molar-refractivity contribution in [2.24, 2.45) is 0 Å². The molecular weight excluding hydrogens is 588 g/mol. The molecule has 0 aliphatic carbocycles. The highest BCUT2D eigenvalue weighted by Crippen LogP contribution is 2.36. The quantitative estimate of drug-likeness (QED) is 0.349. The van der Waals surface area contributed by atoms with E-state index < -0.39 is 53.1 Å². The van der Waals surface area contributed by atoms with Gasteiger partial charge in [0, 0.05) is 68.1 Å². The third-order valence-electron chi connectivity index (χ3n) is 7.65. The Balaban J connectivity index is 1.45. The van der Waals surface area contributed by atoms with Gasteiger partial charge in [0.25, 0.3) is 11.5 Å². The number of anilines is 1. The maximum Gasteiger partial charge on any atom is 0.387 e. The number of nitrogens with one attached hydrogen (secondary N) is 1. The second kappa shape index (κ2) is 13.5. The first-order valence-corrected chi connectivity index (χ1v) is 13.9. The van der Waals surface area contributed by atoms with Crippen LogP contribution in [0.5, 0.6) is 11.5 Å². The summed E-state index contributed by atoms with van der Waals surface area (Å²) in [5.41, 5.74) is -0.970. The number of methoxy groups -OCH3 is 1. The number of hydrogen-bond acceptors (Lipinski definition) is 7. The Hall–Kier alpha value is -4.43. The molecule has 2 fully saturated rings. The number of halogens is 4. The van der Waals surface area contributed by atoms with Gasteiger partial charge in [-0.1, -0.05) is 0 Å². The Morgan fingerprint density at radius 3 is 2.34 bits per heavy atom. The average Bonchev–Trinajstić information content (AvgIpc) is 3.31. The van der Waals surface area contributed by atoms with Crippen LogP contribution >= 0.6 is 0 Å². The molecule has 2 amide bonds. The lowest BCUT2D eigenvalue weighted by Gasteiger charge is -2.26. The summed E-state index contributed by atoms with van der Waals surface area (Å²) in [4.78, 5) is 43.7. The highest BCUT2D eigenvalue weighted by Gasteiger charge is 2.46. The van der Waals surface area contributed by atoms with Crippen LogP contribution in [-0.2, 0) is 16.1 Å². The molecule has 0 saturated carbocycles. The van der Waals surface area contributed by atoms with Crippen LogP contribution in [-0.4, -0.2) is 80.4 Å². The second-order valence-corrected chi connectivity index (χ2v) is 10.3. The van der Waals surface area contributed by atoms with Crippen molar-refractivity contribution in [2.45, 2.75) is 25.1 Å². The Morgan fingerprint density at radius 2 is 1.70 bits per heavy atom. The first kappa shape index (κ1) is 31.0. The number of benzene rings is 2. The van der Waals surface area contributed by atoms with E-state index in [-0.39, 0.29) is 29.3 Å². The minimum atomic E-state index is -3.06. The summed E-state index contributed by atoms with van der Waals surface area (Å²) in [5, 5.41) is 2.53. The number of aromatic nitrogens is 1. The Kier molecular flexibility index (Phi) is 9.49. The monoisotopic (exact) mass is 618 g/mol. The molecule has 10 nitrogen and oxygen atoms in total. The third kappa shape index (κ3) is 6.70. The molecule has 2 aromatic carbocycles. The van der Waals surface area contributed by atoms with Crippen LogP contribution in [0.4, 0.5) is 23.2 Å². The molecule has 0 radical (unpaired) electrons. The molecule has 3 heterocycles. The molecule has 3 aromatic rings. The zero-order valence-corrected chi connectivity index (χ0v) is 23.7. The lowest BCUT2D eigenvalue weighted by Crippen LogP contribution is -2.45. The molecule has 2 aliphatic heterocycles. The van der Waals surface area contributed by atoms with E-state index in [0.717, 1.165) is 42.3 Å². The lowest BCUT2D eigenvalue weighted by atomic mass is 9.92. The maximum absolute atomic E-state index is 15.3. The van der Waals surface area contributed by atoms with Crippen molar-refractivity contribution in [1.82, 2.24) is 14.8 Å². The van der Waals surface area contributed by atoms with Gasteiger partial charge in [0.2, 0.25) is 5.91 Å². The number of amides is 2. The standard InChI is InChI=1S/C30H30F4N4O6/c1-42-20-15-22(31)25(23(32)16-20)21-17-38(24-3-2-8-37(28(24)40)10-9-36-11-13-43-14-12-36)29(41)26(21)35-27(39)18-4-6-19(7-5-18)44-30(33)34/h2-8,15-16,21,26,30H,9-14,17H2,1H3,(H,35,39)/t21-,26?/m0/s1. The van der Waals surface area contributed by atoms with Crippen molar-refractivity contribution in [3.05, 3.63) is 87.8 Å². The van der Waals surface area contributed by atoms with E-state index in [9.17, 15) is 23.2 Å². The summed E-state index contributed by atoms with van der Waals surface area (Å²) >= 11 is 0. The molecule has 1 unspecified atom stereocenters. The SMILES string of the molecule is COc1cc(F)c([C@@H]2CN(c3cccn(CCN4CCOCC4)c3=O)C(=O)C2NC(=O)c2ccc(OC(F)F)cc2)c(F)c1. The minimum absolute atomic E-state index is 0.0101. The first-order valence-electron chi connectivity index (χ1n) is 13.9. The third-order valence-corrected chi connectivity index (χ3v) is 7.65. The fourth-order valence-corrected chi connectivity index (χ4v) is 5.39. The fraction of sp³-hybridized carbons (Fsp3) is 0.367. The predicted molar refractivity (Wildman–Crippen MR) is 150 cm³/mol. The number of morpholine rings is 1. The van der Waals surface area contributed by atoms with E-state index in [4.69, 9.17) is 9.47 Å². The Labute approximate surface area is 249 Å². The highest BCUT2D eigenvalue weighted by atomic mass is 19.3. The van der Waals surface area contributed by atoms with Crippen molar-refractivity contribution >= 4 is 17.5 Å². The normalized spacial score (nSPS) is 19.0. The van der Waals surface area contributed by atoms with Gasteiger partial charge in [-0.15, -0.1) is 0 Å². The molecule has 2 saturated heterocycles. The largest absolute Gasteiger partial charge is 0.497 e. The number of ether oxygens (including phenoxy) is 3. The van der Waals surface area contributed by atoms with Gasteiger partial charge < -0.3 is 29.0 Å². The maximum atomic E-state index is 15.3. The molecule has 44 heavy (non-hydrogen) atoms. The predicted octanol–water partition coefficient (Wildman–Crippen LogP) is 3.00. The molecular formula is C30H30F4N4O6. The van der Waals surface area contributed by atoms with Crippen molar-refractivity contribution in [3.8, 4) is 11.5 Å². The van der Waals surface area contributed by atoms with Crippen LogP contribution in [0.2, 0.25) is 0 Å². The van der Waals surface area contributed by atoms with Crippen LogP contribution in [0.15, 0.2) is 59.5 Å². The number of rotatable bonds is 10. The van der Waals surface area contributed by atoms with Crippen LogP contribution in [0, 0.1) is 11.6 Å². The molecule has 2 atom stereocenters. The van der Waals surface area contributed by atoms with E-state index in [1.165, 1.54) is 29.9 Å². The lowest BCUT2D eigenvalue weighted by molar-refractivity contribution is -0.118. The van der Waals surface area contributed by atoms with E-state index in [0.29, 0.717) is 26.3 Å². The smallest absolute Gasteiger partial charge is 0.387 e. The van der Waals surface area contributed by atoms with Crippen molar-refractivity contribution < 1.29 is 41.4 Å². The van der Waals surface area contributed by atoms with Crippen molar-refractivity contribution in [2.75, 3.05) is 51.4 Å². The van der Waals surface area contributed by atoms with E-state index in [1.807, 2.05) is 0 Å². The van der Waals surface area contributed by atoms with Crippen LogP contribution < -0.4 is 25.2 Å². The topological polar surface area (TPSA) is 102 Å². The summed E-state index contributed by atoms with van der Waals surface area (Å²) in [6.07, 6.45) is 1.59. The molecule has 5 rings (SSSR count). The summed E-state index contributed by atoms with van der Waals surface area (Å²) in [7, 11) is 1.24. The Bertz CT molecular complexity index is 1540. The number of nitrogens with zero attached hydrogens (tertiary/aromatic N) is 3. The van der Waals surface area contributed by atoms with Gasteiger partial charge >= 0.3 is 6.61 Å². The van der Waals surface area contributed by atoms with Gasteiger partial charge in [-0.25, -0.2) is 8.78 Å². The van der Waals surface area contributed by atoms with Crippen molar-refractivity contribution in [1.29, 1.82) is 0 Å².